The van der Waals surface area contributed by atoms with Crippen LogP contribution < -0.4 is 10.9 Å². The highest BCUT2D eigenvalue weighted by Gasteiger charge is 2.09. The molecule has 0 fully saturated rings. The van der Waals surface area contributed by atoms with Gasteiger partial charge < -0.3 is 9.88 Å². The van der Waals surface area contributed by atoms with Crippen LogP contribution in [0.1, 0.15) is 28.3 Å². The molecule has 0 atom stereocenters. The van der Waals surface area contributed by atoms with Crippen molar-refractivity contribution in [2.24, 2.45) is 0 Å². The monoisotopic (exact) mass is 300 g/mol. The molecule has 0 saturated carbocycles. The number of hydrogen-bond acceptors (Lipinski definition) is 4. The summed E-state index contributed by atoms with van der Waals surface area (Å²) >= 11 is 0. The molecule has 2 rings (SSSR count). The van der Waals surface area contributed by atoms with E-state index >= 15 is 0 Å². The maximum atomic E-state index is 12.1. The van der Waals surface area contributed by atoms with Gasteiger partial charge in [-0.2, -0.15) is 0 Å². The molecule has 0 aliphatic heterocycles. The summed E-state index contributed by atoms with van der Waals surface area (Å²) in [6.07, 6.45) is 1.60. The molecule has 22 heavy (non-hydrogen) atoms. The Kier molecular flexibility index (Phi) is 4.70. The van der Waals surface area contributed by atoms with Crippen molar-refractivity contribution >= 4 is 5.91 Å². The molecule has 0 bridgehead atoms. The molecule has 0 saturated heterocycles. The maximum absolute atomic E-state index is 12.1. The van der Waals surface area contributed by atoms with Crippen LogP contribution in [0.4, 0.5) is 0 Å². The number of hydrogen-bond donors (Lipinski definition) is 1. The van der Waals surface area contributed by atoms with Gasteiger partial charge in [0.2, 0.25) is 5.91 Å². The van der Waals surface area contributed by atoms with Crippen LogP contribution in [0.15, 0.2) is 23.1 Å². The maximum Gasteiger partial charge on any atom is 0.272 e. The number of amides is 1. The average Bonchev–Trinajstić information content (AvgIpc) is 2.47. The molecule has 6 heteroatoms. The standard InChI is InChI=1S/C16H20N4O2/c1-10-5-6-14(12(3)19-10)8-18-15(21)9-20-11(2)7-17-13(4)16(20)22/h5-7H,8-9H2,1-4H3,(H,18,21). The lowest BCUT2D eigenvalue weighted by molar-refractivity contribution is -0.121. The van der Waals surface area contributed by atoms with Crippen LogP contribution in [0.2, 0.25) is 0 Å². The van der Waals surface area contributed by atoms with Crippen LogP contribution in [-0.4, -0.2) is 20.4 Å². The summed E-state index contributed by atoms with van der Waals surface area (Å²) in [6.45, 7) is 7.63. The molecule has 1 N–H and O–H groups in total. The molecule has 116 valence electrons. The van der Waals surface area contributed by atoms with Crippen molar-refractivity contribution < 1.29 is 4.79 Å². The SMILES string of the molecule is Cc1ccc(CNC(=O)Cn2c(C)cnc(C)c2=O)c(C)n1. The van der Waals surface area contributed by atoms with Gasteiger partial charge >= 0.3 is 0 Å². The Labute approximate surface area is 129 Å². The summed E-state index contributed by atoms with van der Waals surface area (Å²) in [7, 11) is 0. The molecule has 0 radical (unpaired) electrons. The largest absolute Gasteiger partial charge is 0.350 e. The number of rotatable bonds is 4. The molecule has 0 spiro atoms. The smallest absolute Gasteiger partial charge is 0.272 e. The number of aromatic nitrogens is 3. The minimum Gasteiger partial charge on any atom is -0.350 e. The first-order valence-electron chi connectivity index (χ1n) is 7.11. The minimum atomic E-state index is -0.233. The zero-order chi connectivity index (χ0) is 16.3. The molecule has 1 amide bonds. The van der Waals surface area contributed by atoms with Crippen LogP contribution in [-0.2, 0) is 17.9 Å². The van der Waals surface area contributed by atoms with Gasteiger partial charge in [0, 0.05) is 29.8 Å². The zero-order valence-electron chi connectivity index (χ0n) is 13.3. The summed E-state index contributed by atoms with van der Waals surface area (Å²) in [5, 5.41) is 2.82. The Bertz CT molecular complexity index is 765. The summed E-state index contributed by atoms with van der Waals surface area (Å²) in [5.74, 6) is -0.212. The highest BCUT2D eigenvalue weighted by Crippen LogP contribution is 2.06. The third kappa shape index (κ3) is 3.58. The van der Waals surface area contributed by atoms with Crippen molar-refractivity contribution in [2.45, 2.75) is 40.8 Å². The first kappa shape index (κ1) is 15.9. The van der Waals surface area contributed by atoms with E-state index < -0.39 is 0 Å². The van der Waals surface area contributed by atoms with E-state index in [0.717, 1.165) is 17.0 Å². The second-order valence-electron chi connectivity index (χ2n) is 5.35. The lowest BCUT2D eigenvalue weighted by Gasteiger charge is -2.11. The van der Waals surface area contributed by atoms with E-state index in [0.29, 0.717) is 17.9 Å². The Morgan fingerprint density at radius 1 is 1.18 bits per heavy atom. The molecule has 2 heterocycles. The van der Waals surface area contributed by atoms with Gasteiger partial charge in [0.1, 0.15) is 12.2 Å². The predicted octanol–water partition coefficient (Wildman–Crippen LogP) is 1.19. The van der Waals surface area contributed by atoms with Gasteiger partial charge in [-0.3, -0.25) is 19.6 Å². The average molecular weight is 300 g/mol. The summed E-state index contributed by atoms with van der Waals surface area (Å²) in [4.78, 5) is 32.4. The molecule has 0 aliphatic carbocycles. The highest BCUT2D eigenvalue weighted by molar-refractivity contribution is 5.75. The van der Waals surface area contributed by atoms with Crippen LogP contribution in [0.25, 0.3) is 0 Å². The molecular formula is C16H20N4O2. The topological polar surface area (TPSA) is 76.9 Å². The fourth-order valence-electron chi connectivity index (χ4n) is 2.16. The second kappa shape index (κ2) is 6.51. The van der Waals surface area contributed by atoms with Gasteiger partial charge in [-0.25, -0.2) is 0 Å². The minimum absolute atomic E-state index is 0.00758. The van der Waals surface area contributed by atoms with Crippen molar-refractivity contribution in [3.63, 3.8) is 0 Å². The van der Waals surface area contributed by atoms with E-state index in [-0.39, 0.29) is 18.0 Å². The van der Waals surface area contributed by atoms with Crippen molar-refractivity contribution in [3.8, 4) is 0 Å². The fraction of sp³-hybridized carbons (Fsp3) is 0.375. The Morgan fingerprint density at radius 2 is 1.91 bits per heavy atom. The quantitative estimate of drug-likeness (QED) is 0.920. The van der Waals surface area contributed by atoms with E-state index in [1.165, 1.54) is 4.57 Å². The van der Waals surface area contributed by atoms with E-state index in [9.17, 15) is 9.59 Å². The number of nitrogens with zero attached hydrogens (tertiary/aromatic N) is 3. The molecule has 0 aromatic carbocycles. The molecular weight excluding hydrogens is 280 g/mol. The van der Waals surface area contributed by atoms with E-state index in [1.807, 2.05) is 26.0 Å². The Hall–Kier alpha value is -2.50. The molecule has 2 aromatic heterocycles. The van der Waals surface area contributed by atoms with Gasteiger partial charge in [-0.05, 0) is 39.3 Å². The molecule has 0 unspecified atom stereocenters. The summed E-state index contributed by atoms with van der Waals surface area (Å²) < 4.78 is 1.43. The summed E-state index contributed by atoms with van der Waals surface area (Å²) in [5.41, 5.74) is 3.63. The Balaban J connectivity index is 2.05. The van der Waals surface area contributed by atoms with E-state index in [1.54, 1.807) is 20.0 Å². The van der Waals surface area contributed by atoms with E-state index in [2.05, 4.69) is 15.3 Å². The zero-order valence-corrected chi connectivity index (χ0v) is 13.3. The van der Waals surface area contributed by atoms with Crippen molar-refractivity contribution in [2.75, 3.05) is 0 Å². The van der Waals surface area contributed by atoms with Crippen molar-refractivity contribution in [3.05, 3.63) is 57.0 Å². The summed E-state index contributed by atoms with van der Waals surface area (Å²) in [6, 6.07) is 3.86. The van der Waals surface area contributed by atoms with Crippen LogP contribution >= 0.6 is 0 Å². The van der Waals surface area contributed by atoms with Gasteiger partial charge in [0.05, 0.1) is 0 Å². The lowest BCUT2D eigenvalue weighted by atomic mass is 10.2. The number of pyridine rings is 1. The predicted molar refractivity (Wildman–Crippen MR) is 83.5 cm³/mol. The van der Waals surface area contributed by atoms with Crippen molar-refractivity contribution in [1.29, 1.82) is 0 Å². The number of carbonyl (C=O) groups is 1. The van der Waals surface area contributed by atoms with Crippen molar-refractivity contribution in [1.82, 2.24) is 19.9 Å². The first-order valence-corrected chi connectivity index (χ1v) is 7.11. The molecule has 6 nitrogen and oxygen atoms in total. The third-order valence-corrected chi connectivity index (χ3v) is 3.54. The number of nitrogens with one attached hydrogen (secondary N) is 1. The van der Waals surface area contributed by atoms with Crippen LogP contribution in [0, 0.1) is 27.7 Å². The second-order valence-corrected chi connectivity index (χ2v) is 5.35. The van der Waals surface area contributed by atoms with Gasteiger partial charge in [-0.15, -0.1) is 0 Å². The Morgan fingerprint density at radius 3 is 2.59 bits per heavy atom. The third-order valence-electron chi connectivity index (χ3n) is 3.54. The normalized spacial score (nSPS) is 10.5. The van der Waals surface area contributed by atoms with Crippen LogP contribution in [0.5, 0.6) is 0 Å². The molecule has 0 aliphatic rings. The number of aryl methyl sites for hydroxylation is 4. The molecule has 2 aromatic rings. The fourth-order valence-corrected chi connectivity index (χ4v) is 2.16. The lowest BCUT2D eigenvalue weighted by Crippen LogP contribution is -2.34. The first-order chi connectivity index (χ1) is 10.4. The number of carbonyl (C=O) groups excluding carboxylic acids is 1. The van der Waals surface area contributed by atoms with Gasteiger partial charge in [0.15, 0.2) is 0 Å². The van der Waals surface area contributed by atoms with Crippen LogP contribution in [0.3, 0.4) is 0 Å². The highest BCUT2D eigenvalue weighted by atomic mass is 16.2. The van der Waals surface area contributed by atoms with E-state index in [4.69, 9.17) is 0 Å². The van der Waals surface area contributed by atoms with Gasteiger partial charge in [-0.1, -0.05) is 6.07 Å². The van der Waals surface area contributed by atoms with Gasteiger partial charge in [0.25, 0.3) is 5.56 Å².